The first-order valence-corrected chi connectivity index (χ1v) is 15.0. The summed E-state index contributed by atoms with van der Waals surface area (Å²) in [5, 5.41) is 10.3. The normalized spacial score (nSPS) is 15.4. The topological polar surface area (TPSA) is 109 Å². The summed E-state index contributed by atoms with van der Waals surface area (Å²) in [6, 6.07) is 14.5. The zero-order valence-corrected chi connectivity index (χ0v) is 24.5. The van der Waals surface area contributed by atoms with Crippen LogP contribution in [0, 0.1) is 0 Å². The molecule has 0 bridgehead atoms. The lowest BCUT2D eigenvalue weighted by Gasteiger charge is -2.33. The highest BCUT2D eigenvalue weighted by molar-refractivity contribution is 7.96. The first-order chi connectivity index (χ1) is 19.9. The van der Waals surface area contributed by atoms with Gasteiger partial charge in [0.2, 0.25) is 0 Å². The Hall–Kier alpha value is -3.83. The van der Waals surface area contributed by atoms with Crippen LogP contribution < -0.4 is 15.4 Å². The van der Waals surface area contributed by atoms with Crippen molar-refractivity contribution < 1.29 is 19.1 Å². The monoisotopic (exact) mass is 576 g/mol. The Kier molecular flexibility index (Phi) is 8.94. The molecule has 2 N–H and O–H groups in total. The largest absolute Gasteiger partial charge is 0.496 e. The van der Waals surface area contributed by atoms with E-state index in [0.717, 1.165) is 37.2 Å². The van der Waals surface area contributed by atoms with Gasteiger partial charge in [-0.15, -0.1) is 0 Å². The lowest BCUT2D eigenvalue weighted by Crippen LogP contribution is -2.46. The summed E-state index contributed by atoms with van der Waals surface area (Å²) < 4.78 is 9.46. The van der Waals surface area contributed by atoms with E-state index in [1.54, 1.807) is 35.8 Å². The molecule has 1 aromatic heterocycles. The SMILES string of the molecule is COc1c(CNC(=O)c2cc(C3CC3)nn2C)cccc1C(=O)NCc1ccc(C(=O)N2CCN(SC)CC2)cc1. The highest BCUT2D eigenvalue weighted by Crippen LogP contribution is 2.39. The number of carbonyl (C=O) groups is 3. The Labute approximate surface area is 244 Å². The average Bonchev–Trinajstić information content (AvgIpc) is 3.79. The summed E-state index contributed by atoms with van der Waals surface area (Å²) in [7, 11) is 3.28. The number of aromatic nitrogens is 2. The average molecular weight is 577 g/mol. The Bertz CT molecular complexity index is 1410. The molecule has 3 aromatic rings. The van der Waals surface area contributed by atoms with Crippen LogP contribution in [-0.2, 0) is 20.1 Å². The molecule has 0 unspecified atom stereocenters. The van der Waals surface area contributed by atoms with Crippen molar-refractivity contribution >= 4 is 29.7 Å². The minimum atomic E-state index is -0.289. The van der Waals surface area contributed by atoms with Crippen LogP contribution in [0.3, 0.4) is 0 Å². The highest BCUT2D eigenvalue weighted by atomic mass is 32.2. The van der Waals surface area contributed by atoms with Crippen LogP contribution in [0.4, 0.5) is 0 Å². The lowest BCUT2D eigenvalue weighted by atomic mass is 10.1. The van der Waals surface area contributed by atoms with Crippen LogP contribution in [0.15, 0.2) is 48.5 Å². The molecule has 0 spiro atoms. The molecule has 41 heavy (non-hydrogen) atoms. The van der Waals surface area contributed by atoms with Crippen LogP contribution >= 0.6 is 11.9 Å². The van der Waals surface area contributed by atoms with Crippen LogP contribution in [0.5, 0.6) is 5.75 Å². The molecular formula is C30H36N6O4S. The van der Waals surface area contributed by atoms with Crippen molar-refractivity contribution in [2.24, 2.45) is 7.05 Å². The van der Waals surface area contributed by atoms with Gasteiger partial charge in [0, 0.05) is 63.4 Å². The van der Waals surface area contributed by atoms with E-state index < -0.39 is 0 Å². The summed E-state index contributed by atoms with van der Waals surface area (Å²) in [6.07, 6.45) is 4.28. The minimum absolute atomic E-state index is 0.0294. The molecule has 1 saturated heterocycles. The van der Waals surface area contributed by atoms with E-state index >= 15 is 0 Å². The van der Waals surface area contributed by atoms with Gasteiger partial charge < -0.3 is 20.3 Å². The summed E-state index contributed by atoms with van der Waals surface area (Å²) >= 11 is 1.71. The van der Waals surface area contributed by atoms with E-state index in [1.165, 1.54) is 7.11 Å². The standard InChI is InChI=1S/C30H36N6O4S/c1-34-26(17-25(33-34)21-11-12-21)29(38)32-19-23-5-4-6-24(27(23)40-2)28(37)31-18-20-7-9-22(10-8-20)30(39)35-13-15-36(41-3)16-14-35/h4-10,17,21H,11-16,18-19H2,1-3H3,(H,31,37)(H,32,38). The fourth-order valence-corrected chi connectivity index (χ4v) is 5.52. The quantitative estimate of drug-likeness (QED) is 0.357. The number of methoxy groups -OCH3 is 1. The van der Waals surface area contributed by atoms with Gasteiger partial charge in [-0.1, -0.05) is 36.2 Å². The van der Waals surface area contributed by atoms with Gasteiger partial charge in [-0.05, 0) is 48.9 Å². The van der Waals surface area contributed by atoms with Crippen molar-refractivity contribution in [1.82, 2.24) is 29.6 Å². The van der Waals surface area contributed by atoms with E-state index in [4.69, 9.17) is 4.74 Å². The molecule has 1 aliphatic carbocycles. The molecule has 0 radical (unpaired) electrons. The second-order valence-electron chi connectivity index (χ2n) is 10.3. The van der Waals surface area contributed by atoms with Crippen molar-refractivity contribution in [2.75, 3.05) is 39.5 Å². The molecule has 2 aromatic carbocycles. The third-order valence-corrected chi connectivity index (χ3v) is 8.43. The molecule has 1 saturated carbocycles. The summed E-state index contributed by atoms with van der Waals surface area (Å²) in [6.45, 7) is 3.65. The van der Waals surface area contributed by atoms with E-state index in [-0.39, 0.29) is 24.3 Å². The molecule has 11 heteroatoms. The zero-order chi connectivity index (χ0) is 28.9. The molecule has 2 aliphatic rings. The molecule has 2 fully saturated rings. The Balaban J connectivity index is 1.17. The molecular weight excluding hydrogens is 540 g/mol. The number of hydrogen-bond acceptors (Lipinski definition) is 7. The van der Waals surface area contributed by atoms with E-state index in [2.05, 4.69) is 26.3 Å². The van der Waals surface area contributed by atoms with Crippen molar-refractivity contribution in [2.45, 2.75) is 31.8 Å². The minimum Gasteiger partial charge on any atom is -0.496 e. The number of piperazine rings is 1. The number of nitrogens with one attached hydrogen (secondary N) is 2. The summed E-state index contributed by atoms with van der Waals surface area (Å²) in [5.74, 6) is 0.387. The number of amides is 3. The molecule has 0 atom stereocenters. The van der Waals surface area contributed by atoms with Gasteiger partial charge in [-0.2, -0.15) is 5.10 Å². The van der Waals surface area contributed by atoms with Gasteiger partial charge in [0.05, 0.1) is 18.4 Å². The molecule has 5 rings (SSSR count). The smallest absolute Gasteiger partial charge is 0.269 e. The second kappa shape index (κ2) is 12.8. The van der Waals surface area contributed by atoms with Gasteiger partial charge in [0.1, 0.15) is 11.4 Å². The molecule has 1 aliphatic heterocycles. The highest BCUT2D eigenvalue weighted by Gasteiger charge is 2.28. The van der Waals surface area contributed by atoms with Crippen LogP contribution in [0.25, 0.3) is 0 Å². The number of rotatable bonds is 10. The number of hydrogen-bond donors (Lipinski definition) is 2. The predicted octanol–water partition coefficient (Wildman–Crippen LogP) is 3.20. The molecule has 216 valence electrons. The fourth-order valence-electron chi connectivity index (χ4n) is 4.99. The molecule has 3 amide bonds. The Morgan fingerprint density at radius 2 is 1.68 bits per heavy atom. The predicted molar refractivity (Wildman–Crippen MR) is 158 cm³/mol. The van der Waals surface area contributed by atoms with Gasteiger partial charge >= 0.3 is 0 Å². The summed E-state index contributed by atoms with van der Waals surface area (Å²) in [5.41, 5.74) is 4.06. The van der Waals surface area contributed by atoms with Gasteiger partial charge in [-0.3, -0.25) is 19.1 Å². The summed E-state index contributed by atoms with van der Waals surface area (Å²) in [4.78, 5) is 40.7. The number of aryl methyl sites for hydroxylation is 1. The Morgan fingerprint density at radius 1 is 0.976 bits per heavy atom. The number of ether oxygens (including phenoxy) is 1. The van der Waals surface area contributed by atoms with Crippen molar-refractivity contribution in [3.63, 3.8) is 0 Å². The first-order valence-electron chi connectivity index (χ1n) is 13.8. The van der Waals surface area contributed by atoms with Crippen LogP contribution in [0.2, 0.25) is 0 Å². The number of benzene rings is 2. The van der Waals surface area contributed by atoms with E-state index in [1.807, 2.05) is 41.3 Å². The van der Waals surface area contributed by atoms with E-state index in [9.17, 15) is 14.4 Å². The van der Waals surface area contributed by atoms with Crippen molar-refractivity contribution in [1.29, 1.82) is 0 Å². The van der Waals surface area contributed by atoms with Crippen molar-refractivity contribution in [3.05, 3.63) is 82.2 Å². The second-order valence-corrected chi connectivity index (χ2v) is 11.2. The zero-order valence-electron chi connectivity index (χ0n) is 23.7. The number of carbonyl (C=O) groups excluding carboxylic acids is 3. The number of para-hydroxylation sites is 1. The van der Waals surface area contributed by atoms with E-state index in [0.29, 0.717) is 53.7 Å². The lowest BCUT2D eigenvalue weighted by molar-refractivity contribution is 0.0703. The van der Waals surface area contributed by atoms with Crippen LogP contribution in [0.1, 0.15) is 66.8 Å². The molecule has 2 heterocycles. The van der Waals surface area contributed by atoms with Gasteiger partial charge in [0.15, 0.2) is 0 Å². The van der Waals surface area contributed by atoms with Crippen molar-refractivity contribution in [3.8, 4) is 5.75 Å². The maximum Gasteiger partial charge on any atom is 0.269 e. The van der Waals surface area contributed by atoms with Crippen LogP contribution in [-0.4, -0.2) is 76.3 Å². The van der Waals surface area contributed by atoms with Gasteiger partial charge in [0.25, 0.3) is 17.7 Å². The first kappa shape index (κ1) is 28.7. The maximum absolute atomic E-state index is 13.1. The molecule has 10 nitrogen and oxygen atoms in total. The Morgan fingerprint density at radius 3 is 2.34 bits per heavy atom. The maximum atomic E-state index is 13.1. The third-order valence-electron chi connectivity index (χ3n) is 7.55. The fraction of sp³-hybridized carbons (Fsp3) is 0.400. The number of nitrogens with zero attached hydrogens (tertiary/aromatic N) is 4. The third kappa shape index (κ3) is 6.74. The van der Waals surface area contributed by atoms with Gasteiger partial charge in [-0.25, -0.2) is 4.31 Å².